The van der Waals surface area contributed by atoms with E-state index in [1.807, 2.05) is 18.9 Å². The Labute approximate surface area is 122 Å². The summed E-state index contributed by atoms with van der Waals surface area (Å²) in [4.78, 5) is 2.04. The average Bonchev–Trinajstić information content (AvgIpc) is 2.34. The molecule has 1 rings (SSSR count). The second-order valence-corrected chi connectivity index (χ2v) is 6.36. The molecule has 112 valence electrons. The largest absolute Gasteiger partial charge is 0.384 e. The van der Waals surface area contributed by atoms with Gasteiger partial charge in [-0.15, -0.1) is 5.10 Å². The topological polar surface area (TPSA) is 78.9 Å². The van der Waals surface area contributed by atoms with E-state index in [4.69, 9.17) is 11.1 Å². The van der Waals surface area contributed by atoms with Crippen molar-refractivity contribution in [2.24, 2.45) is 11.1 Å². The van der Waals surface area contributed by atoms with E-state index in [1.165, 1.54) is 0 Å². The highest BCUT2D eigenvalue weighted by molar-refractivity contribution is 6.01. The van der Waals surface area contributed by atoms with Gasteiger partial charge in [0.05, 0.1) is 11.3 Å². The maximum Gasteiger partial charge on any atom is 0.162 e. The fourth-order valence-corrected chi connectivity index (χ4v) is 2.50. The van der Waals surface area contributed by atoms with E-state index in [1.54, 1.807) is 0 Å². The zero-order chi connectivity index (χ0) is 15.5. The summed E-state index contributed by atoms with van der Waals surface area (Å²) in [6, 6.07) is 0. The summed E-state index contributed by atoms with van der Waals surface area (Å²) in [5.74, 6) is 0.781. The Morgan fingerprint density at radius 1 is 1.20 bits per heavy atom. The minimum atomic E-state index is 0.0715. The number of nitrogens with zero attached hydrogens (tertiary/aromatic N) is 3. The number of aromatic nitrogens is 2. The smallest absolute Gasteiger partial charge is 0.162 e. The van der Waals surface area contributed by atoms with E-state index < -0.39 is 0 Å². The normalized spacial score (nSPS) is 11.5. The van der Waals surface area contributed by atoms with Crippen molar-refractivity contribution in [3.8, 4) is 0 Å². The van der Waals surface area contributed by atoms with E-state index in [0.29, 0.717) is 5.82 Å². The predicted molar refractivity (Wildman–Crippen MR) is 84.5 cm³/mol. The van der Waals surface area contributed by atoms with Gasteiger partial charge in [-0.1, -0.05) is 34.6 Å². The minimum Gasteiger partial charge on any atom is -0.384 e. The Morgan fingerprint density at radius 3 is 2.20 bits per heavy atom. The third-order valence-corrected chi connectivity index (χ3v) is 3.17. The van der Waals surface area contributed by atoms with Gasteiger partial charge in [-0.25, -0.2) is 0 Å². The third kappa shape index (κ3) is 3.68. The molecule has 0 unspecified atom stereocenters. The molecule has 0 atom stereocenters. The first-order valence-electron chi connectivity index (χ1n) is 7.15. The van der Waals surface area contributed by atoms with Crippen molar-refractivity contribution in [3.05, 3.63) is 16.8 Å². The summed E-state index contributed by atoms with van der Waals surface area (Å²) in [6.07, 6.45) is 1.61. The average molecular weight is 277 g/mol. The van der Waals surface area contributed by atoms with Crippen LogP contribution in [-0.2, 0) is 12.8 Å². The van der Waals surface area contributed by atoms with Crippen LogP contribution in [0.3, 0.4) is 0 Å². The van der Waals surface area contributed by atoms with E-state index in [-0.39, 0.29) is 11.3 Å². The van der Waals surface area contributed by atoms with Crippen LogP contribution < -0.4 is 10.6 Å². The van der Waals surface area contributed by atoms with Gasteiger partial charge in [-0.3, -0.25) is 5.41 Å². The Balaban J connectivity index is 3.36. The van der Waals surface area contributed by atoms with Gasteiger partial charge in [0, 0.05) is 13.6 Å². The molecule has 5 nitrogen and oxygen atoms in total. The molecule has 1 aromatic heterocycles. The molecule has 0 aliphatic rings. The zero-order valence-corrected chi connectivity index (χ0v) is 13.5. The van der Waals surface area contributed by atoms with Gasteiger partial charge >= 0.3 is 0 Å². The number of nitrogens with one attached hydrogen (secondary N) is 1. The van der Waals surface area contributed by atoms with E-state index in [2.05, 4.69) is 37.9 Å². The van der Waals surface area contributed by atoms with Crippen LogP contribution in [0.1, 0.15) is 51.4 Å². The van der Waals surface area contributed by atoms with Gasteiger partial charge in [0.15, 0.2) is 5.82 Å². The highest BCUT2D eigenvalue weighted by atomic mass is 15.3. The first-order valence-corrected chi connectivity index (χ1v) is 7.15. The maximum atomic E-state index is 7.90. The molecule has 0 saturated heterocycles. The molecule has 0 saturated carbocycles. The number of anilines is 1. The first kappa shape index (κ1) is 16.4. The molecule has 0 fully saturated rings. The number of aryl methyl sites for hydroxylation is 1. The number of hydrogen-bond acceptors (Lipinski definition) is 4. The van der Waals surface area contributed by atoms with E-state index in [9.17, 15) is 0 Å². The lowest BCUT2D eigenvalue weighted by Crippen LogP contribution is -2.33. The number of rotatable bonds is 5. The molecule has 20 heavy (non-hydrogen) atoms. The van der Waals surface area contributed by atoms with Crippen LogP contribution in [-0.4, -0.2) is 29.6 Å². The second-order valence-electron chi connectivity index (χ2n) is 6.36. The highest BCUT2D eigenvalue weighted by Crippen LogP contribution is 2.25. The molecule has 3 N–H and O–H groups in total. The fraction of sp³-hybridized carbons (Fsp3) is 0.667. The highest BCUT2D eigenvalue weighted by Gasteiger charge is 2.22. The van der Waals surface area contributed by atoms with Crippen molar-refractivity contribution in [2.75, 3.05) is 18.5 Å². The van der Waals surface area contributed by atoms with Crippen molar-refractivity contribution in [1.29, 1.82) is 5.41 Å². The molecule has 0 aromatic carbocycles. The van der Waals surface area contributed by atoms with Gasteiger partial charge < -0.3 is 10.6 Å². The van der Waals surface area contributed by atoms with Crippen LogP contribution in [0.15, 0.2) is 0 Å². The lowest BCUT2D eigenvalue weighted by Gasteiger charge is -2.29. The number of hydrogen-bond donors (Lipinski definition) is 2. The van der Waals surface area contributed by atoms with Gasteiger partial charge in [0.2, 0.25) is 0 Å². The standard InChI is InChI=1S/C15H27N5/c1-7-10-11(8-2)18-19-14(12(10)13(16)17)20(6)9-15(3,4)5/h7-9H2,1-6H3,(H3,16,17). The molecular weight excluding hydrogens is 250 g/mol. The summed E-state index contributed by atoms with van der Waals surface area (Å²) >= 11 is 0. The van der Waals surface area contributed by atoms with Gasteiger partial charge in [-0.05, 0) is 23.8 Å². The SMILES string of the molecule is CCc1nnc(N(C)CC(C)(C)C)c(C(=N)N)c1CC. The second kappa shape index (κ2) is 6.20. The van der Waals surface area contributed by atoms with Gasteiger partial charge in [0.25, 0.3) is 0 Å². The molecule has 1 heterocycles. The number of amidine groups is 1. The molecule has 5 heteroatoms. The lowest BCUT2D eigenvalue weighted by atomic mass is 9.95. The Morgan fingerprint density at radius 2 is 1.80 bits per heavy atom. The van der Waals surface area contributed by atoms with Gasteiger partial charge in [0.1, 0.15) is 5.84 Å². The van der Waals surface area contributed by atoms with Crippen molar-refractivity contribution in [1.82, 2.24) is 10.2 Å². The number of nitrogens with two attached hydrogens (primary N) is 1. The van der Waals surface area contributed by atoms with E-state index >= 15 is 0 Å². The molecule has 0 radical (unpaired) electrons. The Bertz CT molecular complexity index is 488. The van der Waals surface area contributed by atoms with Crippen molar-refractivity contribution >= 4 is 11.7 Å². The molecule has 1 aromatic rings. The van der Waals surface area contributed by atoms with Crippen molar-refractivity contribution < 1.29 is 0 Å². The van der Waals surface area contributed by atoms with Crippen molar-refractivity contribution in [3.63, 3.8) is 0 Å². The van der Waals surface area contributed by atoms with Crippen LogP contribution >= 0.6 is 0 Å². The monoisotopic (exact) mass is 277 g/mol. The predicted octanol–water partition coefficient (Wildman–Crippen LogP) is 2.37. The maximum absolute atomic E-state index is 7.90. The van der Waals surface area contributed by atoms with Gasteiger partial charge in [-0.2, -0.15) is 5.10 Å². The third-order valence-electron chi connectivity index (χ3n) is 3.17. The lowest BCUT2D eigenvalue weighted by molar-refractivity contribution is 0.417. The van der Waals surface area contributed by atoms with Crippen LogP contribution in [0.2, 0.25) is 0 Å². The van der Waals surface area contributed by atoms with Crippen LogP contribution in [0.5, 0.6) is 0 Å². The zero-order valence-electron chi connectivity index (χ0n) is 13.5. The molecule has 0 aliphatic carbocycles. The quantitative estimate of drug-likeness (QED) is 0.639. The Kier molecular flexibility index (Phi) is 5.09. The molecule has 0 bridgehead atoms. The van der Waals surface area contributed by atoms with Crippen LogP contribution in [0.25, 0.3) is 0 Å². The Hall–Kier alpha value is -1.65. The fourth-order valence-electron chi connectivity index (χ4n) is 2.50. The number of nitrogen functional groups attached to an aromatic ring is 1. The van der Waals surface area contributed by atoms with Crippen LogP contribution in [0, 0.1) is 10.8 Å². The molecular formula is C15H27N5. The van der Waals surface area contributed by atoms with Crippen molar-refractivity contribution in [2.45, 2.75) is 47.5 Å². The molecule has 0 amide bonds. The summed E-state index contributed by atoms with van der Waals surface area (Å²) in [5.41, 5.74) is 8.67. The summed E-state index contributed by atoms with van der Waals surface area (Å²) in [7, 11) is 1.98. The summed E-state index contributed by atoms with van der Waals surface area (Å²) in [5, 5.41) is 16.5. The first-order chi connectivity index (χ1) is 9.21. The van der Waals surface area contributed by atoms with E-state index in [0.717, 1.165) is 36.2 Å². The summed E-state index contributed by atoms with van der Waals surface area (Å²) in [6.45, 7) is 11.5. The molecule has 0 spiro atoms. The molecule has 0 aliphatic heterocycles. The minimum absolute atomic E-state index is 0.0715. The van der Waals surface area contributed by atoms with Crippen LogP contribution in [0.4, 0.5) is 5.82 Å². The summed E-state index contributed by atoms with van der Waals surface area (Å²) < 4.78 is 0.